The van der Waals surface area contributed by atoms with E-state index < -0.39 is 5.97 Å². The van der Waals surface area contributed by atoms with Crippen molar-refractivity contribution in [3.63, 3.8) is 0 Å². The van der Waals surface area contributed by atoms with E-state index in [1.54, 1.807) is 11.3 Å². The number of carboxylic acids is 1. The molecule has 140 valence electrons. The number of rotatable bonds is 9. The van der Waals surface area contributed by atoms with Crippen LogP contribution in [0.5, 0.6) is 11.5 Å². The summed E-state index contributed by atoms with van der Waals surface area (Å²) < 4.78 is 5.91. The van der Waals surface area contributed by atoms with Crippen molar-refractivity contribution in [2.24, 2.45) is 0 Å². The second-order valence-corrected chi connectivity index (χ2v) is 7.60. The van der Waals surface area contributed by atoms with Crippen molar-refractivity contribution in [3.05, 3.63) is 82.0 Å². The molecule has 0 saturated heterocycles. The minimum Gasteiger partial charge on any atom is -0.481 e. The summed E-state index contributed by atoms with van der Waals surface area (Å²) in [6.07, 6.45) is 0.128. The molecule has 0 amide bonds. The zero-order valence-corrected chi connectivity index (χ0v) is 16.1. The van der Waals surface area contributed by atoms with Crippen LogP contribution in [-0.4, -0.2) is 22.5 Å². The first-order chi connectivity index (χ1) is 13.1. The molecule has 0 saturated carbocycles. The number of benzene rings is 2. The monoisotopic (exact) mass is 381 g/mol. The highest BCUT2D eigenvalue weighted by Gasteiger charge is 2.11. The molecule has 1 heterocycles. The molecule has 0 atom stereocenters. The lowest BCUT2D eigenvalue weighted by Crippen LogP contribution is -2.25. The van der Waals surface area contributed by atoms with Crippen LogP contribution in [0.1, 0.15) is 22.4 Å². The van der Waals surface area contributed by atoms with Crippen LogP contribution >= 0.6 is 11.3 Å². The first-order valence-corrected chi connectivity index (χ1v) is 9.76. The fourth-order valence-corrected chi connectivity index (χ4v) is 3.60. The predicted molar refractivity (Wildman–Crippen MR) is 108 cm³/mol. The Hall–Kier alpha value is -2.63. The largest absolute Gasteiger partial charge is 0.481 e. The van der Waals surface area contributed by atoms with E-state index in [-0.39, 0.29) is 6.42 Å². The van der Waals surface area contributed by atoms with Gasteiger partial charge in [0.25, 0.3) is 0 Å². The summed E-state index contributed by atoms with van der Waals surface area (Å²) >= 11 is 1.72. The first-order valence-electron chi connectivity index (χ1n) is 8.88. The summed E-state index contributed by atoms with van der Waals surface area (Å²) in [6, 6.07) is 19.8. The highest BCUT2D eigenvalue weighted by atomic mass is 32.1. The molecular formula is C22H23NO3S. The van der Waals surface area contributed by atoms with E-state index in [0.29, 0.717) is 13.1 Å². The van der Waals surface area contributed by atoms with Crippen LogP contribution in [0, 0.1) is 6.92 Å². The van der Waals surface area contributed by atoms with Gasteiger partial charge in [-0.2, -0.15) is 0 Å². The van der Waals surface area contributed by atoms with Gasteiger partial charge in [-0.25, -0.2) is 0 Å². The lowest BCUT2D eigenvalue weighted by atomic mass is 10.1. The fourth-order valence-electron chi connectivity index (χ4n) is 2.90. The van der Waals surface area contributed by atoms with Gasteiger partial charge in [-0.1, -0.05) is 30.3 Å². The molecule has 4 nitrogen and oxygen atoms in total. The molecule has 3 aromatic rings. The van der Waals surface area contributed by atoms with E-state index >= 15 is 0 Å². The van der Waals surface area contributed by atoms with Crippen LogP contribution < -0.4 is 4.74 Å². The molecule has 2 aromatic carbocycles. The third-order valence-corrected chi connectivity index (χ3v) is 5.03. The van der Waals surface area contributed by atoms with Gasteiger partial charge in [0.15, 0.2) is 0 Å². The van der Waals surface area contributed by atoms with Crippen molar-refractivity contribution in [2.45, 2.75) is 26.4 Å². The fraction of sp³-hybridized carbons (Fsp3) is 0.227. The van der Waals surface area contributed by atoms with Gasteiger partial charge in [0.2, 0.25) is 0 Å². The number of para-hydroxylation sites is 1. The molecule has 0 radical (unpaired) electrons. The number of hydrogen-bond donors (Lipinski definition) is 1. The number of aliphatic carboxylic acids is 1. The maximum Gasteiger partial charge on any atom is 0.304 e. The van der Waals surface area contributed by atoms with E-state index in [0.717, 1.165) is 23.6 Å². The molecule has 5 heteroatoms. The summed E-state index contributed by atoms with van der Waals surface area (Å²) in [5.41, 5.74) is 2.32. The van der Waals surface area contributed by atoms with Crippen LogP contribution in [-0.2, 0) is 17.9 Å². The first kappa shape index (κ1) is 19.1. The van der Waals surface area contributed by atoms with E-state index in [2.05, 4.69) is 23.3 Å². The number of carboxylic acid groups (broad SMARTS) is 1. The third kappa shape index (κ3) is 6.24. The molecule has 0 aliphatic rings. The number of nitrogens with zero attached hydrogens (tertiary/aromatic N) is 1. The molecule has 0 fully saturated rings. The van der Waals surface area contributed by atoms with Crippen molar-refractivity contribution in [2.75, 3.05) is 6.54 Å². The minimum absolute atomic E-state index is 0.128. The zero-order chi connectivity index (χ0) is 19.1. The Morgan fingerprint density at radius 2 is 1.74 bits per heavy atom. The van der Waals surface area contributed by atoms with Gasteiger partial charge in [0.1, 0.15) is 11.5 Å². The Kier molecular flexibility index (Phi) is 6.63. The van der Waals surface area contributed by atoms with Crippen LogP contribution in [0.4, 0.5) is 0 Å². The van der Waals surface area contributed by atoms with Gasteiger partial charge in [-0.3, -0.25) is 9.69 Å². The van der Waals surface area contributed by atoms with Gasteiger partial charge in [-0.05, 0) is 53.8 Å². The van der Waals surface area contributed by atoms with Gasteiger partial charge in [-0.15, -0.1) is 11.3 Å². The second kappa shape index (κ2) is 9.35. The third-order valence-electron chi connectivity index (χ3n) is 4.12. The molecule has 0 spiro atoms. The summed E-state index contributed by atoms with van der Waals surface area (Å²) in [5.74, 6) is 0.803. The van der Waals surface area contributed by atoms with E-state index in [1.165, 1.54) is 10.4 Å². The average molecular weight is 381 g/mol. The number of ether oxygens (including phenoxy) is 1. The van der Waals surface area contributed by atoms with Crippen molar-refractivity contribution < 1.29 is 14.6 Å². The van der Waals surface area contributed by atoms with Crippen LogP contribution in [0.25, 0.3) is 0 Å². The van der Waals surface area contributed by atoms with Crippen molar-refractivity contribution in [3.8, 4) is 11.5 Å². The van der Waals surface area contributed by atoms with Gasteiger partial charge >= 0.3 is 5.97 Å². The number of carbonyl (C=O) groups is 1. The quantitative estimate of drug-likeness (QED) is 0.544. The predicted octanol–water partition coefficient (Wildman–Crippen LogP) is 5.33. The molecule has 1 aromatic heterocycles. The SMILES string of the molecule is Cc1cc(CN(CCC(=O)O)Cc2cccc(Oc3ccccc3)c2)cs1. The zero-order valence-electron chi connectivity index (χ0n) is 15.3. The van der Waals surface area contributed by atoms with Crippen molar-refractivity contribution in [1.82, 2.24) is 4.90 Å². The van der Waals surface area contributed by atoms with Gasteiger partial charge in [0, 0.05) is 24.5 Å². The number of aryl methyl sites for hydroxylation is 1. The number of thiophene rings is 1. The molecule has 0 aliphatic heterocycles. The van der Waals surface area contributed by atoms with E-state index in [9.17, 15) is 4.79 Å². The Bertz CT molecular complexity index is 876. The molecule has 0 unspecified atom stereocenters. The topological polar surface area (TPSA) is 49.8 Å². The van der Waals surface area contributed by atoms with Crippen LogP contribution in [0.15, 0.2) is 66.0 Å². The maximum absolute atomic E-state index is 11.0. The average Bonchev–Trinajstić information content (AvgIpc) is 3.06. The summed E-state index contributed by atoms with van der Waals surface area (Å²) in [4.78, 5) is 14.5. The Morgan fingerprint density at radius 1 is 1.00 bits per heavy atom. The molecule has 0 aliphatic carbocycles. The highest BCUT2D eigenvalue weighted by Crippen LogP contribution is 2.23. The van der Waals surface area contributed by atoms with Crippen molar-refractivity contribution >= 4 is 17.3 Å². The Labute approximate surface area is 163 Å². The highest BCUT2D eigenvalue weighted by molar-refractivity contribution is 7.10. The summed E-state index contributed by atoms with van der Waals surface area (Å²) in [7, 11) is 0. The summed E-state index contributed by atoms with van der Waals surface area (Å²) in [5, 5.41) is 11.2. The Balaban J connectivity index is 1.70. The van der Waals surface area contributed by atoms with E-state index in [4.69, 9.17) is 9.84 Å². The van der Waals surface area contributed by atoms with Gasteiger partial charge in [0.05, 0.1) is 6.42 Å². The normalized spacial score (nSPS) is 10.9. The standard InChI is InChI=1S/C22H23NO3S/c1-17-12-19(16-27-17)15-23(11-10-22(24)25)14-18-6-5-9-21(13-18)26-20-7-3-2-4-8-20/h2-9,12-13,16H,10-11,14-15H2,1H3,(H,24,25). The lowest BCUT2D eigenvalue weighted by molar-refractivity contribution is -0.137. The van der Waals surface area contributed by atoms with Crippen molar-refractivity contribution in [1.29, 1.82) is 0 Å². The number of hydrogen-bond acceptors (Lipinski definition) is 4. The molecular weight excluding hydrogens is 358 g/mol. The second-order valence-electron chi connectivity index (χ2n) is 6.48. The van der Waals surface area contributed by atoms with E-state index in [1.807, 2.05) is 54.6 Å². The Morgan fingerprint density at radius 3 is 2.44 bits per heavy atom. The van der Waals surface area contributed by atoms with Gasteiger partial charge < -0.3 is 9.84 Å². The minimum atomic E-state index is -0.775. The molecule has 3 rings (SSSR count). The van der Waals surface area contributed by atoms with Crippen LogP contribution in [0.2, 0.25) is 0 Å². The molecule has 1 N–H and O–H groups in total. The smallest absolute Gasteiger partial charge is 0.304 e. The molecule has 0 bridgehead atoms. The maximum atomic E-state index is 11.0. The lowest BCUT2D eigenvalue weighted by Gasteiger charge is -2.21. The van der Waals surface area contributed by atoms with Crippen LogP contribution in [0.3, 0.4) is 0 Å². The molecule has 27 heavy (non-hydrogen) atoms. The summed E-state index contributed by atoms with van der Waals surface area (Å²) in [6.45, 7) is 4.00.